The van der Waals surface area contributed by atoms with Crippen molar-refractivity contribution < 1.29 is 14.6 Å². The number of hydrogen-bond acceptors (Lipinski definition) is 4. The van der Waals surface area contributed by atoms with Gasteiger partial charge in [0.05, 0.1) is 0 Å². The Balaban J connectivity index is 2.06. The first kappa shape index (κ1) is 8.87. The molecule has 0 aliphatic carbocycles. The first-order valence-electron chi connectivity index (χ1n) is 3.71. The van der Waals surface area contributed by atoms with Crippen LogP contribution in [0.5, 0.6) is 0 Å². The SMILES string of the molecule is O=C(CO)OCC1CCCS1. The Hall–Kier alpha value is -0.220. The molecule has 0 radical (unpaired) electrons. The molecule has 3 nitrogen and oxygen atoms in total. The van der Waals surface area contributed by atoms with Crippen LogP contribution < -0.4 is 0 Å². The number of thioether (sulfide) groups is 1. The third-order valence-corrected chi connectivity index (χ3v) is 2.95. The summed E-state index contributed by atoms with van der Waals surface area (Å²) < 4.78 is 4.77. The van der Waals surface area contributed by atoms with Gasteiger partial charge in [0.15, 0.2) is 0 Å². The lowest BCUT2D eigenvalue weighted by atomic mass is 10.3. The van der Waals surface area contributed by atoms with Gasteiger partial charge < -0.3 is 9.84 Å². The molecule has 0 amide bonds. The fraction of sp³-hybridized carbons (Fsp3) is 0.857. The van der Waals surface area contributed by atoms with Gasteiger partial charge in [0.1, 0.15) is 13.2 Å². The van der Waals surface area contributed by atoms with E-state index < -0.39 is 12.6 Å². The zero-order chi connectivity index (χ0) is 8.10. The molecule has 0 saturated carbocycles. The van der Waals surface area contributed by atoms with Crippen molar-refractivity contribution >= 4 is 17.7 Å². The van der Waals surface area contributed by atoms with Gasteiger partial charge in [-0.05, 0) is 18.6 Å². The summed E-state index contributed by atoms with van der Waals surface area (Å²) in [6, 6.07) is 0. The summed E-state index contributed by atoms with van der Waals surface area (Å²) in [6.07, 6.45) is 2.34. The summed E-state index contributed by atoms with van der Waals surface area (Å²) in [5.41, 5.74) is 0. The van der Waals surface area contributed by atoms with Crippen molar-refractivity contribution in [2.24, 2.45) is 0 Å². The van der Waals surface area contributed by atoms with Gasteiger partial charge in [-0.15, -0.1) is 0 Å². The number of carbonyl (C=O) groups excluding carboxylic acids is 1. The van der Waals surface area contributed by atoms with Gasteiger partial charge in [-0.2, -0.15) is 11.8 Å². The molecule has 1 aliphatic rings. The predicted molar refractivity (Wildman–Crippen MR) is 43.5 cm³/mol. The number of hydrogen-bond donors (Lipinski definition) is 1. The van der Waals surface area contributed by atoms with E-state index in [1.54, 1.807) is 0 Å². The molecule has 1 atom stereocenters. The number of aliphatic hydroxyl groups excluding tert-OH is 1. The lowest BCUT2D eigenvalue weighted by molar-refractivity contribution is -0.146. The molecule has 11 heavy (non-hydrogen) atoms. The molecular formula is C7H12O3S. The van der Waals surface area contributed by atoms with Crippen molar-refractivity contribution in [3.05, 3.63) is 0 Å². The van der Waals surface area contributed by atoms with E-state index in [9.17, 15) is 4.79 Å². The van der Waals surface area contributed by atoms with Gasteiger partial charge >= 0.3 is 5.97 Å². The van der Waals surface area contributed by atoms with Crippen molar-refractivity contribution in [3.63, 3.8) is 0 Å². The van der Waals surface area contributed by atoms with Crippen LogP contribution >= 0.6 is 11.8 Å². The molecule has 1 unspecified atom stereocenters. The van der Waals surface area contributed by atoms with Gasteiger partial charge in [0, 0.05) is 5.25 Å². The highest BCUT2D eigenvalue weighted by Gasteiger charge is 2.16. The van der Waals surface area contributed by atoms with E-state index >= 15 is 0 Å². The summed E-state index contributed by atoms with van der Waals surface area (Å²) in [4.78, 5) is 10.5. The lowest BCUT2D eigenvalue weighted by Crippen LogP contribution is -2.16. The summed E-state index contributed by atoms with van der Waals surface area (Å²) in [5, 5.41) is 8.79. The van der Waals surface area contributed by atoms with Crippen LogP contribution in [-0.2, 0) is 9.53 Å². The van der Waals surface area contributed by atoms with E-state index in [0.29, 0.717) is 11.9 Å². The maximum Gasteiger partial charge on any atom is 0.331 e. The average molecular weight is 176 g/mol. The minimum Gasteiger partial charge on any atom is -0.463 e. The number of esters is 1. The highest BCUT2D eigenvalue weighted by atomic mass is 32.2. The molecule has 1 aliphatic heterocycles. The topological polar surface area (TPSA) is 46.5 Å². The Morgan fingerprint density at radius 1 is 1.73 bits per heavy atom. The fourth-order valence-electron chi connectivity index (χ4n) is 1.01. The Morgan fingerprint density at radius 2 is 2.55 bits per heavy atom. The molecule has 0 aromatic carbocycles. The van der Waals surface area contributed by atoms with Crippen molar-refractivity contribution in [1.82, 2.24) is 0 Å². The molecule has 0 bridgehead atoms. The molecule has 4 heteroatoms. The van der Waals surface area contributed by atoms with Gasteiger partial charge in [-0.25, -0.2) is 4.79 Å². The van der Waals surface area contributed by atoms with E-state index in [4.69, 9.17) is 9.84 Å². The van der Waals surface area contributed by atoms with E-state index in [-0.39, 0.29) is 0 Å². The number of ether oxygens (including phenoxy) is 1. The quantitative estimate of drug-likeness (QED) is 0.633. The zero-order valence-corrected chi connectivity index (χ0v) is 7.10. The van der Waals surface area contributed by atoms with Crippen LogP contribution in [0.15, 0.2) is 0 Å². The average Bonchev–Trinajstić information content (AvgIpc) is 2.52. The summed E-state index contributed by atoms with van der Waals surface area (Å²) in [7, 11) is 0. The van der Waals surface area contributed by atoms with Crippen LogP contribution in [-0.4, -0.2) is 35.3 Å². The van der Waals surface area contributed by atoms with Crippen molar-refractivity contribution in [2.45, 2.75) is 18.1 Å². The predicted octanol–water partition coefficient (Wildman–Crippen LogP) is 0.417. The monoisotopic (exact) mass is 176 g/mol. The fourth-order valence-corrected chi connectivity index (χ4v) is 2.17. The molecule has 0 aromatic rings. The van der Waals surface area contributed by atoms with E-state index in [1.807, 2.05) is 11.8 Å². The van der Waals surface area contributed by atoms with E-state index in [0.717, 1.165) is 6.42 Å². The van der Waals surface area contributed by atoms with Crippen LogP contribution in [0.25, 0.3) is 0 Å². The van der Waals surface area contributed by atoms with Crippen LogP contribution in [0.2, 0.25) is 0 Å². The highest BCUT2D eigenvalue weighted by molar-refractivity contribution is 8.00. The van der Waals surface area contributed by atoms with Crippen LogP contribution in [0.4, 0.5) is 0 Å². The molecule has 1 rings (SSSR count). The van der Waals surface area contributed by atoms with E-state index in [1.165, 1.54) is 12.2 Å². The Labute approximate surface area is 70.1 Å². The second-order valence-electron chi connectivity index (χ2n) is 2.48. The van der Waals surface area contributed by atoms with Gasteiger partial charge in [-0.1, -0.05) is 0 Å². The maximum absolute atomic E-state index is 10.5. The first-order chi connectivity index (χ1) is 5.33. The van der Waals surface area contributed by atoms with Crippen LogP contribution in [0.1, 0.15) is 12.8 Å². The number of rotatable bonds is 3. The minimum absolute atomic E-state index is 0.462. The molecule has 1 N–H and O–H groups in total. The molecule has 1 fully saturated rings. The smallest absolute Gasteiger partial charge is 0.331 e. The summed E-state index contributed by atoms with van der Waals surface area (Å²) >= 11 is 1.84. The third-order valence-electron chi connectivity index (χ3n) is 1.58. The molecule has 0 aromatic heterocycles. The summed E-state index contributed by atoms with van der Waals surface area (Å²) in [6.45, 7) is -0.0402. The van der Waals surface area contributed by atoms with Crippen molar-refractivity contribution in [2.75, 3.05) is 19.0 Å². The Morgan fingerprint density at radius 3 is 3.09 bits per heavy atom. The standard InChI is InChI=1S/C7H12O3S/c8-4-7(9)10-5-6-2-1-3-11-6/h6,8H,1-5H2. The van der Waals surface area contributed by atoms with Crippen LogP contribution in [0, 0.1) is 0 Å². The maximum atomic E-state index is 10.5. The lowest BCUT2D eigenvalue weighted by Gasteiger charge is -2.07. The van der Waals surface area contributed by atoms with E-state index in [2.05, 4.69) is 0 Å². The molecule has 64 valence electrons. The zero-order valence-electron chi connectivity index (χ0n) is 6.28. The Kier molecular flexibility index (Phi) is 3.72. The number of aliphatic hydroxyl groups is 1. The molecule has 1 heterocycles. The first-order valence-corrected chi connectivity index (χ1v) is 4.76. The second kappa shape index (κ2) is 4.62. The van der Waals surface area contributed by atoms with Crippen molar-refractivity contribution in [1.29, 1.82) is 0 Å². The normalized spacial score (nSPS) is 23.5. The number of carbonyl (C=O) groups is 1. The Bertz CT molecular complexity index is 132. The molecular weight excluding hydrogens is 164 g/mol. The van der Waals surface area contributed by atoms with Gasteiger partial charge in [-0.3, -0.25) is 0 Å². The third kappa shape index (κ3) is 3.12. The minimum atomic E-state index is -0.516. The second-order valence-corrected chi connectivity index (χ2v) is 3.88. The van der Waals surface area contributed by atoms with Crippen molar-refractivity contribution in [3.8, 4) is 0 Å². The van der Waals surface area contributed by atoms with Gasteiger partial charge in [0.25, 0.3) is 0 Å². The van der Waals surface area contributed by atoms with Crippen LogP contribution in [0.3, 0.4) is 0 Å². The summed E-state index contributed by atoms with van der Waals surface area (Å²) in [5.74, 6) is 0.652. The highest BCUT2D eigenvalue weighted by Crippen LogP contribution is 2.25. The molecule has 1 saturated heterocycles. The largest absolute Gasteiger partial charge is 0.463 e. The van der Waals surface area contributed by atoms with Gasteiger partial charge in [0.2, 0.25) is 0 Å². The molecule has 0 spiro atoms.